The van der Waals surface area contributed by atoms with E-state index in [0.717, 1.165) is 16.8 Å². The second kappa shape index (κ2) is 7.10. The Hall–Kier alpha value is -2.61. The highest BCUT2D eigenvalue weighted by molar-refractivity contribution is 5.77. The summed E-state index contributed by atoms with van der Waals surface area (Å²) in [6.45, 7) is 3.65. The zero-order valence-electron chi connectivity index (χ0n) is 11.5. The number of nitrogens with zero attached hydrogens (tertiary/aromatic N) is 1. The number of fused-ring (bicyclic) bond motifs is 1. The third-order valence-corrected chi connectivity index (χ3v) is 2.86. The van der Waals surface area contributed by atoms with E-state index in [-0.39, 0.29) is 0 Å². The predicted octanol–water partition coefficient (Wildman–Crippen LogP) is 4.57. The first kappa shape index (κ1) is 13.8. The zero-order chi connectivity index (χ0) is 14.2. The SMILES string of the molecule is C=Cc1ccc(OC)cc1.c1ccc2ncccc2c1. The number of para-hydroxylation sites is 1. The van der Waals surface area contributed by atoms with Crippen LogP contribution in [0.4, 0.5) is 0 Å². The van der Waals surface area contributed by atoms with Gasteiger partial charge >= 0.3 is 0 Å². The molecule has 20 heavy (non-hydrogen) atoms. The van der Waals surface area contributed by atoms with Crippen LogP contribution < -0.4 is 4.74 Å². The molecule has 0 aliphatic rings. The lowest BCUT2D eigenvalue weighted by atomic mass is 10.2. The van der Waals surface area contributed by atoms with Gasteiger partial charge in [0.2, 0.25) is 0 Å². The van der Waals surface area contributed by atoms with Crippen LogP contribution in [0.1, 0.15) is 5.56 Å². The molecule has 1 aromatic heterocycles. The number of benzene rings is 2. The first-order chi connectivity index (χ1) is 9.83. The van der Waals surface area contributed by atoms with Gasteiger partial charge in [0.15, 0.2) is 0 Å². The van der Waals surface area contributed by atoms with Gasteiger partial charge in [-0.05, 0) is 29.8 Å². The molecule has 2 aromatic carbocycles. The Morgan fingerprint density at radius 3 is 2.30 bits per heavy atom. The smallest absolute Gasteiger partial charge is 0.118 e. The minimum atomic E-state index is 0.880. The molecule has 100 valence electrons. The average molecular weight is 263 g/mol. The molecule has 1 heterocycles. The van der Waals surface area contributed by atoms with Crippen LogP contribution in [-0.2, 0) is 0 Å². The number of hydrogen-bond acceptors (Lipinski definition) is 2. The van der Waals surface area contributed by atoms with Crippen LogP contribution in [0.15, 0.2) is 73.4 Å². The molecule has 0 amide bonds. The van der Waals surface area contributed by atoms with E-state index in [2.05, 4.69) is 23.7 Å². The Morgan fingerprint density at radius 1 is 0.950 bits per heavy atom. The van der Waals surface area contributed by atoms with Gasteiger partial charge in [0.1, 0.15) is 5.75 Å². The van der Waals surface area contributed by atoms with E-state index in [1.165, 1.54) is 5.39 Å². The molecule has 0 saturated carbocycles. The number of aromatic nitrogens is 1. The lowest BCUT2D eigenvalue weighted by molar-refractivity contribution is 0.415. The van der Waals surface area contributed by atoms with Gasteiger partial charge in [-0.1, -0.05) is 49.1 Å². The van der Waals surface area contributed by atoms with E-state index in [4.69, 9.17) is 4.74 Å². The van der Waals surface area contributed by atoms with Gasteiger partial charge in [0.05, 0.1) is 12.6 Å². The van der Waals surface area contributed by atoms with Crippen molar-refractivity contribution in [3.8, 4) is 5.75 Å². The highest BCUT2D eigenvalue weighted by Gasteiger charge is 1.87. The number of pyridine rings is 1. The van der Waals surface area contributed by atoms with Gasteiger partial charge in [0, 0.05) is 11.6 Å². The summed E-state index contributed by atoms with van der Waals surface area (Å²) in [5, 5.41) is 1.20. The van der Waals surface area contributed by atoms with Crippen molar-refractivity contribution in [1.82, 2.24) is 4.98 Å². The van der Waals surface area contributed by atoms with Crippen LogP contribution >= 0.6 is 0 Å². The first-order valence-electron chi connectivity index (χ1n) is 6.40. The Kier molecular flexibility index (Phi) is 4.90. The summed E-state index contributed by atoms with van der Waals surface area (Å²) >= 11 is 0. The van der Waals surface area contributed by atoms with E-state index in [0.29, 0.717) is 0 Å². The van der Waals surface area contributed by atoms with E-state index < -0.39 is 0 Å². The fourth-order valence-electron chi connectivity index (χ4n) is 1.76. The Bertz CT molecular complexity index is 609. The quantitative estimate of drug-likeness (QED) is 0.675. The number of methoxy groups -OCH3 is 1. The minimum Gasteiger partial charge on any atom is -0.497 e. The summed E-state index contributed by atoms with van der Waals surface area (Å²) in [7, 11) is 1.66. The molecule has 0 saturated heterocycles. The molecule has 0 radical (unpaired) electrons. The van der Waals surface area contributed by atoms with Crippen LogP contribution in [0.5, 0.6) is 5.75 Å². The topological polar surface area (TPSA) is 22.1 Å². The number of hydrogen-bond donors (Lipinski definition) is 0. The third kappa shape index (κ3) is 3.69. The Labute approximate surface area is 119 Å². The van der Waals surface area contributed by atoms with Crippen molar-refractivity contribution in [2.45, 2.75) is 0 Å². The molecule has 0 unspecified atom stereocenters. The third-order valence-electron chi connectivity index (χ3n) is 2.86. The molecule has 0 spiro atoms. The van der Waals surface area contributed by atoms with E-state index >= 15 is 0 Å². The number of rotatable bonds is 2. The van der Waals surface area contributed by atoms with E-state index in [1.54, 1.807) is 13.2 Å². The molecule has 0 atom stereocenters. The van der Waals surface area contributed by atoms with Crippen LogP contribution in [0, 0.1) is 0 Å². The summed E-state index contributed by atoms with van der Waals surface area (Å²) in [4.78, 5) is 4.18. The molecule has 3 rings (SSSR count). The van der Waals surface area contributed by atoms with Crippen LogP contribution in [0.2, 0.25) is 0 Å². The fourth-order valence-corrected chi connectivity index (χ4v) is 1.76. The molecule has 2 nitrogen and oxygen atoms in total. The number of ether oxygens (including phenoxy) is 1. The lowest BCUT2D eigenvalue weighted by Gasteiger charge is -1.97. The molecule has 0 fully saturated rings. The summed E-state index contributed by atoms with van der Waals surface area (Å²) in [6.07, 6.45) is 3.61. The molecule has 0 aliphatic carbocycles. The second-order valence-electron chi connectivity index (χ2n) is 4.17. The molecule has 2 heteroatoms. The summed E-state index contributed by atoms with van der Waals surface area (Å²) < 4.78 is 4.98. The molecule has 3 aromatic rings. The standard InChI is InChI=1S/C9H7N.C9H10O/c1-2-6-9-8(4-1)5-3-7-10-9;1-3-8-4-6-9(10-2)7-5-8/h1-7H;3-7H,1H2,2H3. The highest BCUT2D eigenvalue weighted by Crippen LogP contribution is 2.11. The summed E-state index contributed by atoms with van der Waals surface area (Å²) in [6, 6.07) is 19.8. The van der Waals surface area contributed by atoms with Crippen LogP contribution in [0.25, 0.3) is 17.0 Å². The van der Waals surface area contributed by atoms with Crippen LogP contribution in [0.3, 0.4) is 0 Å². The second-order valence-corrected chi connectivity index (χ2v) is 4.17. The molecular weight excluding hydrogens is 246 g/mol. The Balaban J connectivity index is 0.000000147. The van der Waals surface area contributed by atoms with Gasteiger partial charge in [0.25, 0.3) is 0 Å². The maximum atomic E-state index is 4.98. The van der Waals surface area contributed by atoms with Crippen molar-refractivity contribution < 1.29 is 4.74 Å². The maximum Gasteiger partial charge on any atom is 0.118 e. The van der Waals surface area contributed by atoms with Gasteiger partial charge in [-0.15, -0.1) is 0 Å². The van der Waals surface area contributed by atoms with E-state index in [1.807, 2.05) is 54.7 Å². The van der Waals surface area contributed by atoms with Crippen molar-refractivity contribution in [2.75, 3.05) is 7.11 Å². The largest absolute Gasteiger partial charge is 0.497 e. The van der Waals surface area contributed by atoms with Gasteiger partial charge in [-0.25, -0.2) is 0 Å². The van der Waals surface area contributed by atoms with E-state index in [9.17, 15) is 0 Å². The van der Waals surface area contributed by atoms with Crippen molar-refractivity contribution in [3.63, 3.8) is 0 Å². The minimum absolute atomic E-state index is 0.880. The van der Waals surface area contributed by atoms with Crippen molar-refractivity contribution >= 4 is 17.0 Å². The molecule has 0 bridgehead atoms. The predicted molar refractivity (Wildman–Crippen MR) is 84.8 cm³/mol. The van der Waals surface area contributed by atoms with Crippen molar-refractivity contribution in [3.05, 3.63) is 79.0 Å². The van der Waals surface area contributed by atoms with Crippen LogP contribution in [-0.4, -0.2) is 12.1 Å². The summed E-state index contributed by atoms with van der Waals surface area (Å²) in [5.74, 6) is 0.880. The average Bonchev–Trinajstić information content (AvgIpc) is 2.55. The van der Waals surface area contributed by atoms with Gasteiger partial charge in [-0.3, -0.25) is 4.98 Å². The van der Waals surface area contributed by atoms with Gasteiger partial charge in [-0.2, -0.15) is 0 Å². The summed E-state index contributed by atoms with van der Waals surface area (Å²) in [5.41, 5.74) is 2.17. The fraction of sp³-hybridized carbons (Fsp3) is 0.0556. The Morgan fingerprint density at radius 2 is 1.65 bits per heavy atom. The molecule has 0 aliphatic heterocycles. The maximum absolute atomic E-state index is 4.98. The molecule has 0 N–H and O–H groups in total. The van der Waals surface area contributed by atoms with Crippen molar-refractivity contribution in [2.24, 2.45) is 0 Å². The lowest BCUT2D eigenvalue weighted by Crippen LogP contribution is -1.80. The molecular formula is C18H17NO. The van der Waals surface area contributed by atoms with Crippen molar-refractivity contribution in [1.29, 1.82) is 0 Å². The first-order valence-corrected chi connectivity index (χ1v) is 6.40. The zero-order valence-corrected chi connectivity index (χ0v) is 11.5. The monoisotopic (exact) mass is 263 g/mol. The van der Waals surface area contributed by atoms with Gasteiger partial charge < -0.3 is 4.74 Å². The normalized spacial score (nSPS) is 9.45. The highest BCUT2D eigenvalue weighted by atomic mass is 16.5.